The van der Waals surface area contributed by atoms with Crippen LogP contribution in [0.3, 0.4) is 0 Å². The lowest BCUT2D eigenvalue weighted by molar-refractivity contribution is -0.117. The molecule has 0 bridgehead atoms. The molecule has 1 aromatic carbocycles. The average molecular weight is 250 g/mol. The third kappa shape index (κ3) is 3.03. The van der Waals surface area contributed by atoms with Crippen LogP contribution in [0, 0.1) is 6.92 Å². The minimum Gasteiger partial charge on any atom is -0.496 e. The van der Waals surface area contributed by atoms with E-state index in [1.54, 1.807) is 18.9 Å². The molecule has 1 unspecified atom stereocenters. The zero-order valence-electron chi connectivity index (χ0n) is 10.4. The van der Waals surface area contributed by atoms with Crippen molar-refractivity contribution < 1.29 is 9.53 Å². The molecule has 1 atom stereocenters. The van der Waals surface area contributed by atoms with Gasteiger partial charge in [0.2, 0.25) is 0 Å². The number of hydrogen-bond donors (Lipinski definition) is 0. The molecule has 1 heterocycles. The molecule has 2 nitrogen and oxygen atoms in total. The molecule has 92 valence electrons. The summed E-state index contributed by atoms with van der Waals surface area (Å²) >= 11 is 1.80. The van der Waals surface area contributed by atoms with Crippen LogP contribution in [0.15, 0.2) is 18.2 Å². The normalized spacial score (nSPS) is 19.3. The predicted molar refractivity (Wildman–Crippen MR) is 71.9 cm³/mol. The third-order valence-electron chi connectivity index (χ3n) is 3.09. The van der Waals surface area contributed by atoms with E-state index in [4.69, 9.17) is 4.74 Å². The van der Waals surface area contributed by atoms with E-state index in [0.717, 1.165) is 23.5 Å². The van der Waals surface area contributed by atoms with E-state index >= 15 is 0 Å². The Bertz CT molecular complexity index is 409. The Morgan fingerprint density at radius 3 is 3.00 bits per heavy atom. The standard InChI is InChI=1S/C14H18O2S/c1-10-5-6-13(16-2)11(8-10)9-12(15)14-4-3-7-17-14/h5-6,8,14H,3-4,7,9H2,1-2H3. The third-order valence-corrected chi connectivity index (χ3v) is 4.51. The number of ketones is 1. The number of ether oxygens (including phenoxy) is 1. The first kappa shape index (κ1) is 12.5. The molecule has 1 aliphatic heterocycles. The molecule has 1 fully saturated rings. The maximum Gasteiger partial charge on any atom is 0.150 e. The van der Waals surface area contributed by atoms with E-state index in [2.05, 4.69) is 6.07 Å². The maximum absolute atomic E-state index is 12.1. The maximum atomic E-state index is 12.1. The molecular formula is C14H18O2S. The monoisotopic (exact) mass is 250 g/mol. The molecule has 2 rings (SSSR count). The molecule has 0 aromatic heterocycles. The van der Waals surface area contributed by atoms with E-state index < -0.39 is 0 Å². The number of Topliss-reactive ketones (excluding diaryl/α,β-unsaturated/α-hetero) is 1. The van der Waals surface area contributed by atoms with Crippen LogP contribution in [0.1, 0.15) is 24.0 Å². The Morgan fingerprint density at radius 2 is 2.35 bits per heavy atom. The molecule has 0 radical (unpaired) electrons. The van der Waals surface area contributed by atoms with Gasteiger partial charge in [-0.05, 0) is 31.6 Å². The van der Waals surface area contributed by atoms with Crippen molar-refractivity contribution in [2.75, 3.05) is 12.9 Å². The van der Waals surface area contributed by atoms with Gasteiger partial charge in [-0.25, -0.2) is 0 Å². The Labute approximate surface area is 107 Å². The number of carbonyl (C=O) groups excluding carboxylic acids is 1. The molecule has 0 spiro atoms. The Hall–Kier alpha value is -0.960. The van der Waals surface area contributed by atoms with Gasteiger partial charge in [-0.1, -0.05) is 17.7 Å². The summed E-state index contributed by atoms with van der Waals surface area (Å²) in [5.41, 5.74) is 2.19. The quantitative estimate of drug-likeness (QED) is 0.821. The van der Waals surface area contributed by atoms with Crippen LogP contribution >= 0.6 is 11.8 Å². The summed E-state index contributed by atoms with van der Waals surface area (Å²) in [5.74, 6) is 2.30. The Morgan fingerprint density at radius 1 is 1.53 bits per heavy atom. The molecule has 0 aliphatic carbocycles. The minimum atomic E-state index is 0.209. The molecule has 0 N–H and O–H groups in total. The van der Waals surface area contributed by atoms with Crippen molar-refractivity contribution in [2.45, 2.75) is 31.4 Å². The molecule has 1 aliphatic rings. The highest BCUT2D eigenvalue weighted by molar-refractivity contribution is 8.00. The Balaban J connectivity index is 2.11. The van der Waals surface area contributed by atoms with Gasteiger partial charge >= 0.3 is 0 Å². The van der Waals surface area contributed by atoms with Crippen molar-refractivity contribution >= 4 is 17.5 Å². The number of methoxy groups -OCH3 is 1. The molecule has 1 aromatic rings. The number of benzene rings is 1. The number of thioether (sulfide) groups is 1. The number of rotatable bonds is 4. The first-order valence-electron chi connectivity index (χ1n) is 5.98. The summed E-state index contributed by atoms with van der Waals surface area (Å²) < 4.78 is 5.30. The van der Waals surface area contributed by atoms with Crippen molar-refractivity contribution in [2.24, 2.45) is 0 Å². The van der Waals surface area contributed by atoms with E-state index in [-0.39, 0.29) is 5.25 Å². The van der Waals surface area contributed by atoms with Gasteiger partial charge in [0.25, 0.3) is 0 Å². The Kier molecular flexibility index (Phi) is 4.11. The van der Waals surface area contributed by atoms with E-state index in [0.29, 0.717) is 12.2 Å². The van der Waals surface area contributed by atoms with E-state index in [9.17, 15) is 4.79 Å². The lowest BCUT2D eigenvalue weighted by Crippen LogP contribution is -2.16. The van der Waals surface area contributed by atoms with Crippen LogP contribution in [0.25, 0.3) is 0 Å². The fraction of sp³-hybridized carbons (Fsp3) is 0.500. The first-order chi connectivity index (χ1) is 8.20. The van der Waals surface area contributed by atoms with Gasteiger partial charge in [0.05, 0.1) is 12.4 Å². The molecule has 0 saturated carbocycles. The molecule has 17 heavy (non-hydrogen) atoms. The summed E-state index contributed by atoms with van der Waals surface area (Å²) in [6, 6.07) is 6.01. The summed E-state index contributed by atoms with van der Waals surface area (Å²) in [5, 5.41) is 0.209. The number of hydrogen-bond acceptors (Lipinski definition) is 3. The minimum absolute atomic E-state index is 0.209. The van der Waals surface area contributed by atoms with Crippen LogP contribution in [0.2, 0.25) is 0 Å². The van der Waals surface area contributed by atoms with Crippen molar-refractivity contribution in [3.63, 3.8) is 0 Å². The molecule has 1 saturated heterocycles. The van der Waals surface area contributed by atoms with E-state index in [1.165, 1.54) is 12.0 Å². The summed E-state index contributed by atoms with van der Waals surface area (Å²) in [6.45, 7) is 2.04. The fourth-order valence-electron chi connectivity index (χ4n) is 2.18. The number of carbonyl (C=O) groups is 1. The van der Waals surface area contributed by atoms with Crippen molar-refractivity contribution in [1.29, 1.82) is 0 Å². The lowest BCUT2D eigenvalue weighted by atomic mass is 10.0. The topological polar surface area (TPSA) is 26.3 Å². The van der Waals surface area contributed by atoms with Crippen LogP contribution in [-0.2, 0) is 11.2 Å². The van der Waals surface area contributed by atoms with Gasteiger partial charge < -0.3 is 4.74 Å². The first-order valence-corrected chi connectivity index (χ1v) is 7.03. The van der Waals surface area contributed by atoms with Crippen molar-refractivity contribution in [3.05, 3.63) is 29.3 Å². The predicted octanol–water partition coefficient (Wildman–Crippen LogP) is 3.01. The van der Waals surface area contributed by atoms with Crippen molar-refractivity contribution in [3.8, 4) is 5.75 Å². The van der Waals surface area contributed by atoms with Crippen LogP contribution in [-0.4, -0.2) is 23.9 Å². The second kappa shape index (κ2) is 5.58. The smallest absolute Gasteiger partial charge is 0.150 e. The van der Waals surface area contributed by atoms with Crippen molar-refractivity contribution in [1.82, 2.24) is 0 Å². The SMILES string of the molecule is COc1ccc(C)cc1CC(=O)C1CCCS1. The summed E-state index contributed by atoms with van der Waals surface area (Å²) in [4.78, 5) is 12.1. The van der Waals surface area contributed by atoms with Crippen LogP contribution < -0.4 is 4.74 Å². The molecule has 0 amide bonds. The zero-order valence-corrected chi connectivity index (χ0v) is 11.2. The second-order valence-electron chi connectivity index (χ2n) is 4.46. The van der Waals surface area contributed by atoms with E-state index in [1.807, 2.05) is 19.1 Å². The molecule has 3 heteroatoms. The van der Waals surface area contributed by atoms with Gasteiger partial charge in [0, 0.05) is 12.0 Å². The van der Waals surface area contributed by atoms with Gasteiger partial charge in [0.1, 0.15) is 11.5 Å². The summed E-state index contributed by atoms with van der Waals surface area (Å²) in [7, 11) is 1.66. The van der Waals surface area contributed by atoms with Gasteiger partial charge in [-0.2, -0.15) is 11.8 Å². The second-order valence-corrected chi connectivity index (χ2v) is 5.77. The summed E-state index contributed by atoms with van der Waals surface area (Å²) in [6.07, 6.45) is 2.71. The highest BCUT2D eigenvalue weighted by Crippen LogP contribution is 2.29. The zero-order chi connectivity index (χ0) is 12.3. The fourth-order valence-corrected chi connectivity index (χ4v) is 3.40. The van der Waals surface area contributed by atoms with Gasteiger partial charge in [-0.15, -0.1) is 0 Å². The van der Waals surface area contributed by atoms with Gasteiger partial charge in [-0.3, -0.25) is 4.79 Å². The highest BCUT2D eigenvalue weighted by atomic mass is 32.2. The largest absolute Gasteiger partial charge is 0.496 e. The van der Waals surface area contributed by atoms with Gasteiger partial charge in [0.15, 0.2) is 0 Å². The van der Waals surface area contributed by atoms with Crippen LogP contribution in [0.4, 0.5) is 0 Å². The molecular weight excluding hydrogens is 232 g/mol. The average Bonchev–Trinajstić information content (AvgIpc) is 2.83. The lowest BCUT2D eigenvalue weighted by Gasteiger charge is -2.11. The number of aryl methyl sites for hydroxylation is 1. The van der Waals surface area contributed by atoms with Crippen LogP contribution in [0.5, 0.6) is 5.75 Å². The highest BCUT2D eigenvalue weighted by Gasteiger charge is 2.24.